The van der Waals surface area contributed by atoms with Crippen LogP contribution in [0.25, 0.3) is 0 Å². The molecule has 0 radical (unpaired) electrons. The van der Waals surface area contributed by atoms with Crippen LogP contribution in [-0.4, -0.2) is 27.9 Å². The molecule has 7 nitrogen and oxygen atoms in total. The fourth-order valence-corrected chi connectivity index (χ4v) is 1.86. The number of anilines is 2. The van der Waals surface area contributed by atoms with Gasteiger partial charge in [-0.2, -0.15) is 4.98 Å². The molecule has 104 valence electrons. The van der Waals surface area contributed by atoms with Crippen molar-refractivity contribution >= 4 is 11.5 Å². The average molecular weight is 275 g/mol. The summed E-state index contributed by atoms with van der Waals surface area (Å²) in [6.07, 6.45) is 1.53. The molecule has 1 aliphatic rings. The summed E-state index contributed by atoms with van der Waals surface area (Å²) in [5.41, 5.74) is 0.318. The summed E-state index contributed by atoms with van der Waals surface area (Å²) < 4.78 is 12.1. The minimum Gasteiger partial charge on any atom is -0.450 e. The molecule has 0 saturated carbocycles. The van der Waals surface area contributed by atoms with Gasteiger partial charge >= 0.3 is 5.69 Å². The highest BCUT2D eigenvalue weighted by Gasteiger charge is 2.18. The predicted octanol–water partition coefficient (Wildman–Crippen LogP) is 1.06. The maximum Gasteiger partial charge on any atom is 0.351 e. The third-order valence-corrected chi connectivity index (χ3v) is 2.79. The number of aromatic nitrogens is 2. The van der Waals surface area contributed by atoms with Crippen LogP contribution in [0, 0.1) is 0 Å². The second kappa shape index (κ2) is 5.32. The summed E-state index contributed by atoms with van der Waals surface area (Å²) in [6, 6.07) is 7.39. The smallest absolute Gasteiger partial charge is 0.351 e. The van der Waals surface area contributed by atoms with Crippen molar-refractivity contribution in [3.63, 3.8) is 0 Å². The zero-order chi connectivity index (χ0) is 13.9. The van der Waals surface area contributed by atoms with Crippen molar-refractivity contribution in [1.29, 1.82) is 0 Å². The molecule has 2 heterocycles. The molecular weight excluding hydrogens is 262 g/mol. The summed E-state index contributed by atoms with van der Waals surface area (Å²) in [5, 5.41) is 11.7. The van der Waals surface area contributed by atoms with E-state index < -0.39 is 5.69 Å². The van der Waals surface area contributed by atoms with E-state index in [0.717, 1.165) is 5.69 Å². The number of nitrogens with one attached hydrogen (secondary N) is 1. The van der Waals surface area contributed by atoms with Gasteiger partial charge in [-0.15, -0.1) is 0 Å². The van der Waals surface area contributed by atoms with Gasteiger partial charge in [0.15, 0.2) is 17.3 Å². The van der Waals surface area contributed by atoms with Gasteiger partial charge in [-0.25, -0.2) is 4.79 Å². The van der Waals surface area contributed by atoms with Gasteiger partial charge in [-0.05, 0) is 12.1 Å². The first-order chi connectivity index (χ1) is 9.78. The van der Waals surface area contributed by atoms with Crippen molar-refractivity contribution in [2.24, 2.45) is 0 Å². The van der Waals surface area contributed by atoms with Crippen LogP contribution in [0.4, 0.5) is 11.5 Å². The van der Waals surface area contributed by atoms with E-state index in [-0.39, 0.29) is 19.9 Å². The first-order valence-electron chi connectivity index (χ1n) is 6.12. The number of aliphatic hydroxyl groups is 1. The predicted molar refractivity (Wildman–Crippen MR) is 71.3 cm³/mol. The molecular formula is C13H13N3O4. The van der Waals surface area contributed by atoms with E-state index >= 15 is 0 Å². The van der Waals surface area contributed by atoms with Gasteiger partial charge in [0.2, 0.25) is 0 Å². The van der Waals surface area contributed by atoms with Crippen LogP contribution in [-0.2, 0) is 11.5 Å². The van der Waals surface area contributed by atoms with Crippen molar-refractivity contribution in [2.75, 3.05) is 18.5 Å². The molecule has 0 atom stereocenters. The molecule has 1 aromatic carbocycles. The van der Waals surface area contributed by atoms with Crippen molar-refractivity contribution in [3.8, 4) is 11.5 Å². The Morgan fingerprint density at radius 1 is 1.35 bits per heavy atom. The number of benzene rings is 1. The van der Waals surface area contributed by atoms with Crippen LogP contribution in [0.15, 0.2) is 35.3 Å². The molecule has 0 fully saturated rings. The normalized spacial score (nSPS) is 12.1. The molecule has 1 aromatic heterocycles. The maximum absolute atomic E-state index is 11.8. The first kappa shape index (κ1) is 12.6. The summed E-state index contributed by atoms with van der Waals surface area (Å²) in [4.78, 5) is 15.7. The number of hydrogen-bond donors (Lipinski definition) is 2. The van der Waals surface area contributed by atoms with Crippen LogP contribution < -0.4 is 15.7 Å². The van der Waals surface area contributed by atoms with E-state index in [1.165, 1.54) is 10.8 Å². The van der Waals surface area contributed by atoms with E-state index in [1.807, 2.05) is 24.3 Å². The number of para-hydroxylation sites is 2. The highest BCUT2D eigenvalue weighted by atomic mass is 16.5. The number of hydrogen-bond acceptors (Lipinski definition) is 6. The summed E-state index contributed by atoms with van der Waals surface area (Å²) in [6.45, 7) is 0.0781. The highest BCUT2D eigenvalue weighted by Crippen LogP contribution is 2.39. The van der Waals surface area contributed by atoms with E-state index in [4.69, 9.17) is 14.6 Å². The van der Waals surface area contributed by atoms with Crippen molar-refractivity contribution < 1.29 is 14.6 Å². The Morgan fingerprint density at radius 2 is 2.20 bits per heavy atom. The fourth-order valence-electron chi connectivity index (χ4n) is 1.86. The van der Waals surface area contributed by atoms with Crippen molar-refractivity contribution in [1.82, 2.24) is 9.55 Å². The molecule has 0 saturated heterocycles. The molecule has 7 heteroatoms. The highest BCUT2D eigenvalue weighted by molar-refractivity contribution is 5.72. The van der Waals surface area contributed by atoms with Gasteiger partial charge in [0.05, 0.1) is 25.1 Å². The van der Waals surface area contributed by atoms with Crippen molar-refractivity contribution in [3.05, 3.63) is 40.9 Å². The fraction of sp³-hybridized carbons (Fsp3) is 0.231. The van der Waals surface area contributed by atoms with Crippen LogP contribution in [0.2, 0.25) is 0 Å². The van der Waals surface area contributed by atoms with E-state index in [0.29, 0.717) is 17.3 Å². The number of nitrogens with zero attached hydrogens (tertiary/aromatic N) is 2. The zero-order valence-corrected chi connectivity index (χ0v) is 10.6. The molecule has 0 amide bonds. The summed E-state index contributed by atoms with van der Waals surface area (Å²) in [7, 11) is 0. The Hall–Kier alpha value is -2.38. The lowest BCUT2D eigenvalue weighted by Crippen LogP contribution is -2.26. The van der Waals surface area contributed by atoms with Crippen LogP contribution in [0.3, 0.4) is 0 Å². The Kier molecular flexibility index (Phi) is 3.36. The van der Waals surface area contributed by atoms with Gasteiger partial charge in [0, 0.05) is 0 Å². The third-order valence-electron chi connectivity index (χ3n) is 2.79. The molecule has 1 aliphatic heterocycles. The Balaban J connectivity index is 1.89. The van der Waals surface area contributed by atoms with Gasteiger partial charge in [0.25, 0.3) is 0 Å². The lowest BCUT2D eigenvalue weighted by molar-refractivity contribution is 0.0455. The van der Waals surface area contributed by atoms with Gasteiger partial charge in [-0.1, -0.05) is 12.1 Å². The maximum atomic E-state index is 11.8. The van der Waals surface area contributed by atoms with Gasteiger partial charge < -0.3 is 19.9 Å². The van der Waals surface area contributed by atoms with Gasteiger partial charge in [0.1, 0.15) is 6.73 Å². The second-order valence-electron chi connectivity index (χ2n) is 4.19. The van der Waals surface area contributed by atoms with Crippen LogP contribution in [0.1, 0.15) is 0 Å². The summed E-state index contributed by atoms with van der Waals surface area (Å²) >= 11 is 0. The molecule has 20 heavy (non-hydrogen) atoms. The molecule has 0 spiro atoms. The second-order valence-corrected chi connectivity index (χ2v) is 4.19. The quantitative estimate of drug-likeness (QED) is 0.692. The lowest BCUT2D eigenvalue weighted by Gasteiger charge is -2.21. The van der Waals surface area contributed by atoms with Crippen molar-refractivity contribution in [2.45, 2.75) is 6.73 Å². The lowest BCUT2D eigenvalue weighted by atomic mass is 10.2. The van der Waals surface area contributed by atoms with Crippen LogP contribution >= 0.6 is 0 Å². The standard InChI is InChI=1S/C13H13N3O4/c17-5-6-19-8-16-7-11-12(15-13(16)18)14-9-3-1-2-4-10(9)20-11/h1-4,7,17H,5-6,8H2,(H,14,15,18). The molecule has 0 aliphatic carbocycles. The minimum absolute atomic E-state index is 0.0185. The number of fused-ring (bicyclic) bond motifs is 2. The largest absolute Gasteiger partial charge is 0.450 e. The van der Waals surface area contributed by atoms with E-state index in [1.54, 1.807) is 0 Å². The molecule has 2 N–H and O–H groups in total. The molecule has 3 rings (SSSR count). The van der Waals surface area contributed by atoms with E-state index in [9.17, 15) is 4.79 Å². The zero-order valence-electron chi connectivity index (χ0n) is 10.6. The average Bonchev–Trinajstić information content (AvgIpc) is 2.46. The Labute approximate surface area is 114 Å². The molecule has 0 unspecified atom stereocenters. The molecule has 0 bridgehead atoms. The topological polar surface area (TPSA) is 85.6 Å². The first-order valence-corrected chi connectivity index (χ1v) is 6.12. The number of rotatable bonds is 4. The summed E-state index contributed by atoms with van der Waals surface area (Å²) in [5.74, 6) is 1.51. The third kappa shape index (κ3) is 2.36. The monoisotopic (exact) mass is 275 g/mol. The van der Waals surface area contributed by atoms with Crippen LogP contribution in [0.5, 0.6) is 11.5 Å². The number of ether oxygens (including phenoxy) is 2. The van der Waals surface area contributed by atoms with E-state index in [2.05, 4.69) is 10.3 Å². The Bertz CT molecular complexity index is 684. The van der Waals surface area contributed by atoms with Gasteiger partial charge in [-0.3, -0.25) is 4.57 Å². The number of aliphatic hydroxyl groups excluding tert-OH is 1. The minimum atomic E-state index is -0.447. The SMILES string of the molecule is O=c1nc2c(cn1COCCO)Oc1ccccc1N2. The Morgan fingerprint density at radius 3 is 3.05 bits per heavy atom. The molecule has 2 aromatic rings.